The Bertz CT molecular complexity index is 1530. The SMILES string of the molecule is CS(=O)(=O)Nc1ccc(Cl)cc1C(=O)N1CCCC[C@H]1c1cc2nc(N3CCC3)cc(N3CCC(O)CC3)n2n1. The molecule has 0 unspecified atom stereocenters. The minimum Gasteiger partial charge on any atom is -0.393 e. The highest BCUT2D eigenvalue weighted by atomic mass is 35.5. The van der Waals surface area contributed by atoms with E-state index in [0.717, 1.165) is 81.1 Å². The number of rotatable bonds is 6. The highest BCUT2D eigenvalue weighted by molar-refractivity contribution is 7.92. The molecule has 40 heavy (non-hydrogen) atoms. The second kappa shape index (κ2) is 10.7. The summed E-state index contributed by atoms with van der Waals surface area (Å²) in [6.45, 7) is 3.92. The second-order valence-corrected chi connectivity index (χ2v) is 13.1. The Morgan fingerprint density at radius 3 is 2.48 bits per heavy atom. The number of likely N-dealkylation sites (tertiary alicyclic amines) is 1. The van der Waals surface area contributed by atoms with E-state index >= 15 is 0 Å². The molecule has 2 N–H and O–H groups in total. The lowest BCUT2D eigenvalue weighted by Gasteiger charge is -2.35. The molecule has 1 atom stereocenters. The number of nitrogens with zero attached hydrogens (tertiary/aromatic N) is 6. The molecule has 3 fully saturated rings. The summed E-state index contributed by atoms with van der Waals surface area (Å²) in [4.78, 5) is 25.1. The van der Waals surface area contributed by atoms with Crippen LogP contribution in [-0.2, 0) is 10.0 Å². The molecule has 1 amide bonds. The molecule has 13 heteroatoms. The molecule has 3 aliphatic rings. The monoisotopic (exact) mass is 587 g/mol. The van der Waals surface area contributed by atoms with Crippen molar-refractivity contribution in [1.82, 2.24) is 19.5 Å². The van der Waals surface area contributed by atoms with Crippen LogP contribution in [-0.4, -0.2) is 84.0 Å². The molecule has 214 valence electrons. The maximum absolute atomic E-state index is 13.9. The van der Waals surface area contributed by atoms with E-state index in [4.69, 9.17) is 21.7 Å². The van der Waals surface area contributed by atoms with E-state index in [1.54, 1.807) is 11.0 Å². The first-order chi connectivity index (χ1) is 19.2. The summed E-state index contributed by atoms with van der Waals surface area (Å²) in [6.07, 6.45) is 5.82. The molecule has 0 saturated carbocycles. The second-order valence-electron chi connectivity index (χ2n) is 10.9. The van der Waals surface area contributed by atoms with Gasteiger partial charge < -0.3 is 19.8 Å². The highest BCUT2D eigenvalue weighted by Crippen LogP contribution is 2.35. The van der Waals surface area contributed by atoms with Crippen LogP contribution in [0.15, 0.2) is 30.3 Å². The van der Waals surface area contributed by atoms with Crippen molar-refractivity contribution in [3.63, 3.8) is 0 Å². The van der Waals surface area contributed by atoms with Gasteiger partial charge in [0.05, 0.1) is 35.3 Å². The number of benzene rings is 1. The van der Waals surface area contributed by atoms with Gasteiger partial charge >= 0.3 is 0 Å². The average Bonchev–Trinajstić information content (AvgIpc) is 3.32. The zero-order valence-electron chi connectivity index (χ0n) is 22.5. The van der Waals surface area contributed by atoms with E-state index in [-0.39, 0.29) is 29.3 Å². The van der Waals surface area contributed by atoms with Gasteiger partial charge in [0.2, 0.25) is 10.0 Å². The molecular formula is C27H34ClN7O4S. The van der Waals surface area contributed by atoms with Crippen LogP contribution in [0, 0.1) is 0 Å². The van der Waals surface area contributed by atoms with E-state index < -0.39 is 10.0 Å². The zero-order valence-corrected chi connectivity index (χ0v) is 24.0. The van der Waals surface area contributed by atoms with Crippen LogP contribution < -0.4 is 14.5 Å². The molecule has 11 nitrogen and oxygen atoms in total. The van der Waals surface area contributed by atoms with Gasteiger partial charge in [-0.15, -0.1) is 0 Å². The summed E-state index contributed by atoms with van der Waals surface area (Å²) in [5.74, 6) is 1.56. The van der Waals surface area contributed by atoms with Crippen molar-refractivity contribution in [1.29, 1.82) is 0 Å². The van der Waals surface area contributed by atoms with Gasteiger partial charge in [0.25, 0.3) is 5.91 Å². The number of aromatic nitrogens is 3. The molecule has 0 aliphatic carbocycles. The number of aliphatic hydroxyl groups excluding tert-OH is 1. The molecule has 0 spiro atoms. The average molecular weight is 588 g/mol. The zero-order chi connectivity index (χ0) is 28.0. The fourth-order valence-electron chi connectivity index (χ4n) is 5.77. The van der Waals surface area contributed by atoms with E-state index in [9.17, 15) is 18.3 Å². The summed E-state index contributed by atoms with van der Waals surface area (Å²) in [5, 5.41) is 15.4. The Morgan fingerprint density at radius 1 is 1.00 bits per heavy atom. The van der Waals surface area contributed by atoms with Crippen molar-refractivity contribution >= 4 is 50.5 Å². The van der Waals surface area contributed by atoms with Gasteiger partial charge in [-0.05, 0) is 56.7 Å². The Morgan fingerprint density at radius 2 is 1.77 bits per heavy atom. The maximum Gasteiger partial charge on any atom is 0.256 e. The Hall–Kier alpha value is -3.09. The maximum atomic E-state index is 13.9. The van der Waals surface area contributed by atoms with Gasteiger partial charge in [0.1, 0.15) is 11.6 Å². The lowest BCUT2D eigenvalue weighted by Crippen LogP contribution is -2.39. The number of amides is 1. The Labute approximate surface area is 238 Å². The van der Waals surface area contributed by atoms with Gasteiger partial charge in [-0.2, -0.15) is 9.61 Å². The van der Waals surface area contributed by atoms with Gasteiger partial charge in [0.15, 0.2) is 5.65 Å². The lowest BCUT2D eigenvalue weighted by atomic mass is 9.98. The predicted molar refractivity (Wildman–Crippen MR) is 155 cm³/mol. The molecule has 5 heterocycles. The van der Waals surface area contributed by atoms with Crippen molar-refractivity contribution in [3.05, 3.63) is 46.6 Å². The molecule has 1 aromatic carbocycles. The van der Waals surface area contributed by atoms with Crippen LogP contribution in [0.2, 0.25) is 5.02 Å². The Balaban J connectivity index is 1.38. The molecule has 0 bridgehead atoms. The van der Waals surface area contributed by atoms with Gasteiger partial charge in [-0.1, -0.05) is 11.6 Å². The van der Waals surface area contributed by atoms with Crippen molar-refractivity contribution in [2.24, 2.45) is 0 Å². The van der Waals surface area contributed by atoms with Crippen LogP contribution in [0.3, 0.4) is 0 Å². The molecule has 6 rings (SSSR count). The van der Waals surface area contributed by atoms with Crippen molar-refractivity contribution in [3.8, 4) is 0 Å². The number of anilines is 3. The van der Waals surface area contributed by atoms with Gasteiger partial charge in [0, 0.05) is 49.9 Å². The Kier molecular flexibility index (Phi) is 7.26. The number of halogens is 1. The minimum absolute atomic E-state index is 0.201. The summed E-state index contributed by atoms with van der Waals surface area (Å²) in [6, 6.07) is 8.34. The number of hydrogen-bond acceptors (Lipinski definition) is 8. The quantitative estimate of drug-likeness (QED) is 0.450. The summed E-state index contributed by atoms with van der Waals surface area (Å²) < 4.78 is 28.3. The number of piperidine rings is 2. The minimum atomic E-state index is -3.60. The normalized spacial score (nSPS) is 20.6. The van der Waals surface area contributed by atoms with Crippen LogP contribution in [0.1, 0.15) is 60.6 Å². The van der Waals surface area contributed by atoms with Crippen LogP contribution in [0.4, 0.5) is 17.3 Å². The number of hydrogen-bond donors (Lipinski definition) is 2. The number of carbonyl (C=O) groups is 1. The van der Waals surface area contributed by atoms with E-state index in [1.807, 2.05) is 10.6 Å². The van der Waals surface area contributed by atoms with Crippen molar-refractivity contribution < 1.29 is 18.3 Å². The first-order valence-electron chi connectivity index (χ1n) is 13.8. The van der Waals surface area contributed by atoms with Crippen LogP contribution >= 0.6 is 11.6 Å². The largest absolute Gasteiger partial charge is 0.393 e. The molecular weight excluding hydrogens is 554 g/mol. The van der Waals surface area contributed by atoms with Gasteiger partial charge in [-0.3, -0.25) is 9.52 Å². The number of carbonyl (C=O) groups excluding carboxylic acids is 1. The number of fused-ring (bicyclic) bond motifs is 1. The van der Waals surface area contributed by atoms with E-state index in [2.05, 4.69) is 20.6 Å². The number of aliphatic hydroxyl groups is 1. The third-order valence-electron chi connectivity index (χ3n) is 7.99. The van der Waals surface area contributed by atoms with Crippen LogP contribution in [0.5, 0.6) is 0 Å². The highest BCUT2D eigenvalue weighted by Gasteiger charge is 2.33. The van der Waals surface area contributed by atoms with Crippen molar-refractivity contribution in [2.45, 2.75) is 50.7 Å². The fraction of sp³-hybridized carbons (Fsp3) is 0.519. The third kappa shape index (κ3) is 5.44. The standard InChI is InChI=1S/C27H34ClN7O4S/c1-40(38,39)31-21-7-6-18(28)15-20(21)27(37)34-12-3-2-5-23(34)22-16-25-29-24(32-10-4-11-32)17-26(35(25)30-22)33-13-8-19(36)9-14-33/h6-7,15-17,19,23,31,36H,2-5,8-14H2,1H3/t23-/m0/s1. The first-order valence-corrected chi connectivity index (χ1v) is 16.1. The smallest absolute Gasteiger partial charge is 0.256 e. The summed E-state index contributed by atoms with van der Waals surface area (Å²) in [5.41, 5.74) is 1.88. The third-order valence-corrected chi connectivity index (χ3v) is 8.82. The molecule has 2 aromatic heterocycles. The van der Waals surface area contributed by atoms with E-state index in [0.29, 0.717) is 24.4 Å². The topological polar surface area (TPSA) is 123 Å². The molecule has 0 radical (unpaired) electrons. The summed E-state index contributed by atoms with van der Waals surface area (Å²) >= 11 is 6.24. The summed E-state index contributed by atoms with van der Waals surface area (Å²) in [7, 11) is -3.60. The first kappa shape index (κ1) is 27.1. The number of sulfonamides is 1. The van der Waals surface area contributed by atoms with Gasteiger partial charge in [-0.25, -0.2) is 13.4 Å². The predicted octanol–water partition coefficient (Wildman–Crippen LogP) is 3.29. The molecule has 3 aliphatic heterocycles. The van der Waals surface area contributed by atoms with Crippen molar-refractivity contribution in [2.75, 3.05) is 53.5 Å². The molecule has 3 saturated heterocycles. The van der Waals surface area contributed by atoms with Crippen LogP contribution in [0.25, 0.3) is 5.65 Å². The van der Waals surface area contributed by atoms with E-state index in [1.165, 1.54) is 12.1 Å². The molecule has 3 aromatic rings. The fourth-order valence-corrected chi connectivity index (χ4v) is 6.52. The number of nitrogens with one attached hydrogen (secondary N) is 1. The lowest BCUT2D eigenvalue weighted by molar-refractivity contribution is 0.0607.